The molecule has 1 saturated heterocycles. The molecular weight excluding hydrogens is 414 g/mol. The SMILES string of the molecule is CC.CCN[C@H](CC1CCCCC1)C(=O)N1CCCC1C(=O)NCC1CCc2[nH]ncc2C1. The van der Waals surface area contributed by atoms with Crippen molar-refractivity contribution in [2.75, 3.05) is 19.6 Å². The number of aromatic nitrogens is 2. The zero-order valence-corrected chi connectivity index (χ0v) is 21.0. The Morgan fingerprint density at radius 2 is 1.91 bits per heavy atom. The molecule has 0 bridgehead atoms. The molecule has 2 amide bonds. The van der Waals surface area contributed by atoms with Gasteiger partial charge in [0.05, 0.1) is 12.2 Å². The Labute approximate surface area is 199 Å². The normalized spacial score (nSPS) is 23.9. The Morgan fingerprint density at radius 1 is 1.12 bits per heavy atom. The van der Waals surface area contributed by atoms with Crippen molar-refractivity contribution in [1.82, 2.24) is 25.7 Å². The third-order valence-electron chi connectivity index (χ3n) is 7.56. The Morgan fingerprint density at radius 3 is 2.67 bits per heavy atom. The molecule has 2 fully saturated rings. The fourth-order valence-corrected chi connectivity index (χ4v) is 5.81. The zero-order valence-electron chi connectivity index (χ0n) is 21.0. The van der Waals surface area contributed by atoms with Crippen molar-refractivity contribution in [3.8, 4) is 0 Å². The number of carbonyl (C=O) groups is 2. The quantitative estimate of drug-likeness (QED) is 0.554. The number of amides is 2. The lowest BCUT2D eigenvalue weighted by Gasteiger charge is -2.32. The van der Waals surface area contributed by atoms with Crippen LogP contribution in [0, 0.1) is 11.8 Å². The van der Waals surface area contributed by atoms with Gasteiger partial charge in [-0.1, -0.05) is 52.9 Å². The largest absolute Gasteiger partial charge is 0.354 e. The molecule has 7 nitrogen and oxygen atoms in total. The van der Waals surface area contributed by atoms with Crippen molar-refractivity contribution < 1.29 is 9.59 Å². The lowest BCUT2D eigenvalue weighted by Crippen LogP contribution is -2.53. The summed E-state index contributed by atoms with van der Waals surface area (Å²) in [5, 5.41) is 13.8. The lowest BCUT2D eigenvalue weighted by molar-refractivity contribution is -0.140. The minimum Gasteiger partial charge on any atom is -0.354 e. The highest BCUT2D eigenvalue weighted by Gasteiger charge is 2.37. The van der Waals surface area contributed by atoms with Gasteiger partial charge in [-0.3, -0.25) is 14.7 Å². The van der Waals surface area contributed by atoms with Crippen LogP contribution in [0.2, 0.25) is 0 Å². The number of fused-ring (bicyclic) bond motifs is 1. The molecule has 2 unspecified atom stereocenters. The van der Waals surface area contributed by atoms with Crippen molar-refractivity contribution in [2.24, 2.45) is 11.8 Å². The van der Waals surface area contributed by atoms with Gasteiger partial charge in [-0.15, -0.1) is 0 Å². The molecule has 2 aliphatic carbocycles. The van der Waals surface area contributed by atoms with E-state index in [2.05, 4.69) is 27.8 Å². The summed E-state index contributed by atoms with van der Waals surface area (Å²) in [6, 6.07) is -0.465. The summed E-state index contributed by atoms with van der Waals surface area (Å²) >= 11 is 0. The second-order valence-corrected chi connectivity index (χ2v) is 9.77. The van der Waals surface area contributed by atoms with Gasteiger partial charge in [0.2, 0.25) is 11.8 Å². The van der Waals surface area contributed by atoms with Crippen molar-refractivity contribution in [1.29, 1.82) is 0 Å². The molecule has 1 saturated carbocycles. The third-order valence-corrected chi connectivity index (χ3v) is 7.56. The molecule has 2 heterocycles. The Bertz CT molecular complexity index is 743. The van der Waals surface area contributed by atoms with E-state index in [0.29, 0.717) is 24.9 Å². The summed E-state index contributed by atoms with van der Waals surface area (Å²) in [7, 11) is 0. The number of aryl methyl sites for hydroxylation is 1. The molecule has 3 aliphatic rings. The summed E-state index contributed by atoms with van der Waals surface area (Å²) in [5.41, 5.74) is 2.52. The first-order valence-electron chi connectivity index (χ1n) is 13.5. The van der Waals surface area contributed by atoms with E-state index in [9.17, 15) is 9.59 Å². The van der Waals surface area contributed by atoms with Crippen LogP contribution in [0.25, 0.3) is 0 Å². The molecule has 33 heavy (non-hydrogen) atoms. The third kappa shape index (κ3) is 6.81. The highest BCUT2D eigenvalue weighted by atomic mass is 16.2. The summed E-state index contributed by atoms with van der Waals surface area (Å²) in [5.74, 6) is 1.23. The van der Waals surface area contributed by atoms with E-state index in [-0.39, 0.29) is 23.9 Å². The highest BCUT2D eigenvalue weighted by molar-refractivity contribution is 5.90. The van der Waals surface area contributed by atoms with Crippen LogP contribution in [0.3, 0.4) is 0 Å². The van der Waals surface area contributed by atoms with E-state index in [1.807, 2.05) is 24.9 Å². The van der Waals surface area contributed by atoms with E-state index in [1.165, 1.54) is 43.4 Å². The highest BCUT2D eigenvalue weighted by Crippen LogP contribution is 2.29. The lowest BCUT2D eigenvalue weighted by atomic mass is 9.84. The van der Waals surface area contributed by atoms with Gasteiger partial charge in [0.1, 0.15) is 6.04 Å². The van der Waals surface area contributed by atoms with Crippen LogP contribution >= 0.6 is 0 Å². The van der Waals surface area contributed by atoms with Crippen molar-refractivity contribution >= 4 is 11.8 Å². The molecule has 0 aromatic carbocycles. The maximum absolute atomic E-state index is 13.4. The van der Waals surface area contributed by atoms with Gasteiger partial charge in [-0.05, 0) is 62.5 Å². The molecular formula is C26H45N5O2. The molecule has 0 spiro atoms. The fourth-order valence-electron chi connectivity index (χ4n) is 5.81. The van der Waals surface area contributed by atoms with Crippen LogP contribution in [-0.4, -0.2) is 58.6 Å². The fraction of sp³-hybridized carbons (Fsp3) is 0.808. The Balaban J connectivity index is 0.00000149. The van der Waals surface area contributed by atoms with Crippen LogP contribution < -0.4 is 10.6 Å². The molecule has 1 aromatic heterocycles. The van der Waals surface area contributed by atoms with Crippen LogP contribution in [0.15, 0.2) is 6.20 Å². The summed E-state index contributed by atoms with van der Waals surface area (Å²) in [6.07, 6.45) is 13.9. The van der Waals surface area contributed by atoms with Crippen LogP contribution in [0.1, 0.15) is 89.8 Å². The van der Waals surface area contributed by atoms with Gasteiger partial charge in [0, 0.05) is 18.8 Å². The molecule has 0 radical (unpaired) electrons. The van der Waals surface area contributed by atoms with Gasteiger partial charge in [0.15, 0.2) is 0 Å². The Hall–Kier alpha value is -1.89. The number of likely N-dealkylation sites (N-methyl/N-ethyl adjacent to an activating group) is 1. The van der Waals surface area contributed by atoms with Gasteiger partial charge >= 0.3 is 0 Å². The molecule has 1 aliphatic heterocycles. The number of carbonyl (C=O) groups excluding carboxylic acids is 2. The first-order chi connectivity index (χ1) is 16.2. The smallest absolute Gasteiger partial charge is 0.242 e. The van der Waals surface area contributed by atoms with Gasteiger partial charge in [-0.25, -0.2) is 0 Å². The number of hydrogen-bond donors (Lipinski definition) is 3. The van der Waals surface area contributed by atoms with Crippen molar-refractivity contribution in [3.05, 3.63) is 17.5 Å². The molecule has 4 rings (SSSR count). The Kier molecular flexibility index (Phi) is 10.2. The molecule has 186 valence electrons. The van der Waals surface area contributed by atoms with Gasteiger partial charge in [-0.2, -0.15) is 5.10 Å². The van der Waals surface area contributed by atoms with E-state index < -0.39 is 0 Å². The number of rotatable bonds is 8. The number of nitrogens with one attached hydrogen (secondary N) is 3. The maximum atomic E-state index is 13.4. The first kappa shape index (κ1) is 25.7. The zero-order chi connectivity index (χ0) is 23.6. The average Bonchev–Trinajstić information content (AvgIpc) is 3.53. The van der Waals surface area contributed by atoms with E-state index in [0.717, 1.165) is 45.1 Å². The minimum absolute atomic E-state index is 0.0248. The predicted molar refractivity (Wildman–Crippen MR) is 132 cm³/mol. The van der Waals surface area contributed by atoms with Gasteiger partial charge < -0.3 is 15.5 Å². The first-order valence-corrected chi connectivity index (χ1v) is 13.5. The van der Waals surface area contributed by atoms with Crippen molar-refractivity contribution in [2.45, 2.75) is 103 Å². The predicted octanol–water partition coefficient (Wildman–Crippen LogP) is 3.60. The molecule has 7 heteroatoms. The number of likely N-dealkylation sites (tertiary alicyclic amines) is 1. The monoisotopic (exact) mass is 459 g/mol. The standard InChI is InChI=1S/C24H39N5O2.C2H6/c1-2-25-21(14-17-7-4-3-5-8-17)24(31)29-12-6-9-22(29)23(30)26-15-18-10-11-20-19(13-18)16-27-28-20;1-2/h16-18,21-22,25H,2-15H2,1H3,(H,26,30)(H,27,28);1-2H3/t18?,21-,22?;/m1./s1. The van der Waals surface area contributed by atoms with Crippen LogP contribution in [0.5, 0.6) is 0 Å². The number of hydrogen-bond acceptors (Lipinski definition) is 4. The number of H-pyrrole nitrogens is 1. The molecule has 3 N–H and O–H groups in total. The second kappa shape index (κ2) is 13.1. The molecule has 1 aromatic rings. The summed E-state index contributed by atoms with van der Waals surface area (Å²) in [6.45, 7) is 8.22. The average molecular weight is 460 g/mol. The topological polar surface area (TPSA) is 90.1 Å². The van der Waals surface area contributed by atoms with Crippen LogP contribution in [0.4, 0.5) is 0 Å². The summed E-state index contributed by atoms with van der Waals surface area (Å²) < 4.78 is 0. The molecule has 3 atom stereocenters. The second-order valence-electron chi connectivity index (χ2n) is 9.77. The maximum Gasteiger partial charge on any atom is 0.242 e. The van der Waals surface area contributed by atoms with Gasteiger partial charge in [0.25, 0.3) is 0 Å². The summed E-state index contributed by atoms with van der Waals surface area (Å²) in [4.78, 5) is 28.3. The van der Waals surface area contributed by atoms with Crippen molar-refractivity contribution in [3.63, 3.8) is 0 Å². The van der Waals surface area contributed by atoms with Crippen LogP contribution in [-0.2, 0) is 22.4 Å². The minimum atomic E-state index is -0.312. The van der Waals surface area contributed by atoms with E-state index in [4.69, 9.17) is 0 Å². The van der Waals surface area contributed by atoms with E-state index >= 15 is 0 Å². The van der Waals surface area contributed by atoms with E-state index in [1.54, 1.807) is 0 Å². The number of nitrogens with zero attached hydrogens (tertiary/aromatic N) is 2. The number of aromatic amines is 1.